The molecule has 156 valence electrons. The van der Waals surface area contributed by atoms with Crippen LogP contribution in [0.4, 0.5) is 9.18 Å². The molecule has 3 rings (SSSR count). The van der Waals surface area contributed by atoms with Crippen molar-refractivity contribution in [3.05, 3.63) is 47.1 Å². The predicted molar refractivity (Wildman–Crippen MR) is 108 cm³/mol. The van der Waals surface area contributed by atoms with Crippen LogP contribution >= 0.6 is 11.6 Å². The number of halogens is 2. The zero-order valence-electron chi connectivity index (χ0n) is 17.1. The predicted octanol–water partition coefficient (Wildman–Crippen LogP) is 5.18. The van der Waals surface area contributed by atoms with E-state index in [1.165, 1.54) is 4.90 Å². The summed E-state index contributed by atoms with van der Waals surface area (Å²) in [5.74, 6) is 0. The molecule has 1 amide bonds. The molecule has 0 radical (unpaired) electrons. The van der Waals surface area contributed by atoms with Gasteiger partial charge in [-0.1, -0.05) is 35.9 Å². The number of aromatic nitrogens is 2. The first-order chi connectivity index (χ1) is 13.5. The third-order valence-corrected chi connectivity index (χ3v) is 4.79. The van der Waals surface area contributed by atoms with Crippen LogP contribution in [0.5, 0.6) is 0 Å². The van der Waals surface area contributed by atoms with Crippen molar-refractivity contribution >= 4 is 17.7 Å². The average molecular weight is 422 g/mol. The summed E-state index contributed by atoms with van der Waals surface area (Å²) in [6.45, 7) is 8.03. The van der Waals surface area contributed by atoms with Crippen LogP contribution in [0.2, 0.25) is 5.15 Å². The Morgan fingerprint density at radius 1 is 1.21 bits per heavy atom. The molecule has 1 saturated heterocycles. The summed E-state index contributed by atoms with van der Waals surface area (Å²) < 4.78 is 25.6. The van der Waals surface area contributed by atoms with Gasteiger partial charge in [-0.25, -0.2) is 9.18 Å². The number of carbonyl (C=O) groups excluding carboxylic acids is 1. The molecule has 8 heteroatoms. The first kappa shape index (κ1) is 21.5. The fraction of sp³-hybridized carbons (Fsp3) is 0.476. The highest BCUT2D eigenvalue weighted by Crippen LogP contribution is 2.42. The quantitative estimate of drug-likeness (QED) is 0.683. The molecule has 1 aromatic heterocycles. The normalized spacial score (nSPS) is 21.3. The summed E-state index contributed by atoms with van der Waals surface area (Å²) in [6.07, 6.45) is -1.21. The molecule has 0 bridgehead atoms. The van der Waals surface area contributed by atoms with Gasteiger partial charge < -0.3 is 9.47 Å². The monoisotopic (exact) mass is 421 g/mol. The fourth-order valence-electron chi connectivity index (χ4n) is 3.40. The second-order valence-corrected chi connectivity index (χ2v) is 8.81. The van der Waals surface area contributed by atoms with E-state index in [1.54, 1.807) is 46.8 Å². The topological polar surface area (TPSA) is 64.5 Å². The number of ether oxygens (including phenoxy) is 2. The number of hydrogen-bond acceptors (Lipinski definition) is 5. The number of nitrogens with zero attached hydrogens (tertiary/aromatic N) is 3. The Labute approximate surface area is 175 Å². The summed E-state index contributed by atoms with van der Waals surface area (Å²) in [5.41, 5.74) is 0.580. The molecular formula is C21H25ClFN3O3. The van der Waals surface area contributed by atoms with E-state index >= 15 is 0 Å². The van der Waals surface area contributed by atoms with Crippen LogP contribution in [0.15, 0.2) is 36.4 Å². The first-order valence-corrected chi connectivity index (χ1v) is 9.75. The zero-order valence-corrected chi connectivity index (χ0v) is 17.9. The van der Waals surface area contributed by atoms with E-state index in [0.29, 0.717) is 10.8 Å². The van der Waals surface area contributed by atoms with Crippen molar-refractivity contribution in [2.24, 2.45) is 0 Å². The Kier molecular flexibility index (Phi) is 5.83. The van der Waals surface area contributed by atoms with Crippen LogP contribution in [0.1, 0.15) is 46.3 Å². The minimum absolute atomic E-state index is 0.319. The highest BCUT2D eigenvalue weighted by atomic mass is 35.5. The smallest absolute Gasteiger partial charge is 0.413 e. The molecule has 1 aromatic carbocycles. The molecule has 0 saturated carbocycles. The van der Waals surface area contributed by atoms with Crippen LogP contribution < -0.4 is 0 Å². The molecule has 2 atom stereocenters. The van der Waals surface area contributed by atoms with Gasteiger partial charge >= 0.3 is 6.09 Å². The number of amides is 1. The number of alkyl halides is 1. The Hall–Kier alpha value is -2.25. The molecule has 1 aliphatic rings. The highest BCUT2D eigenvalue weighted by molar-refractivity contribution is 6.29. The van der Waals surface area contributed by atoms with Gasteiger partial charge in [0.25, 0.3) is 0 Å². The Bertz CT molecular complexity index is 866. The second-order valence-electron chi connectivity index (χ2n) is 8.42. The van der Waals surface area contributed by atoms with Gasteiger partial charge in [-0.2, -0.15) is 0 Å². The van der Waals surface area contributed by atoms with Gasteiger partial charge in [0.15, 0.2) is 5.15 Å². The molecule has 1 fully saturated rings. The minimum Gasteiger partial charge on any atom is -0.444 e. The maximum Gasteiger partial charge on any atom is 0.413 e. The van der Waals surface area contributed by atoms with Crippen LogP contribution in [-0.2, 0) is 9.47 Å². The van der Waals surface area contributed by atoms with Gasteiger partial charge in [0.1, 0.15) is 24.1 Å². The maximum atomic E-state index is 14.0. The Morgan fingerprint density at radius 2 is 1.86 bits per heavy atom. The molecule has 29 heavy (non-hydrogen) atoms. The van der Waals surface area contributed by atoms with Gasteiger partial charge in [-0.05, 0) is 52.3 Å². The lowest BCUT2D eigenvalue weighted by atomic mass is 10.0. The summed E-state index contributed by atoms with van der Waals surface area (Å²) in [4.78, 5) is 14.1. The SMILES string of the molecule is CC(C)(C)OC(=O)N1C(CF)C(c2ccc(-c3ccc(Cl)nn3)cc2)OC1(C)C. The van der Waals surface area contributed by atoms with Crippen molar-refractivity contribution < 1.29 is 18.7 Å². The van der Waals surface area contributed by atoms with E-state index in [0.717, 1.165) is 11.1 Å². The number of carbonyl (C=O) groups is 1. The van der Waals surface area contributed by atoms with Crippen LogP contribution in [0, 0.1) is 0 Å². The van der Waals surface area contributed by atoms with E-state index in [-0.39, 0.29) is 0 Å². The van der Waals surface area contributed by atoms with Crippen molar-refractivity contribution in [1.82, 2.24) is 15.1 Å². The van der Waals surface area contributed by atoms with Crippen LogP contribution in [0.25, 0.3) is 11.3 Å². The van der Waals surface area contributed by atoms with E-state index in [1.807, 2.05) is 24.3 Å². The van der Waals surface area contributed by atoms with Crippen molar-refractivity contribution in [3.63, 3.8) is 0 Å². The van der Waals surface area contributed by atoms with E-state index < -0.39 is 36.2 Å². The molecule has 1 aliphatic heterocycles. The highest BCUT2D eigenvalue weighted by Gasteiger charge is 2.51. The van der Waals surface area contributed by atoms with Gasteiger partial charge in [-0.15, -0.1) is 10.2 Å². The van der Waals surface area contributed by atoms with Crippen molar-refractivity contribution in [3.8, 4) is 11.3 Å². The molecule has 2 unspecified atom stereocenters. The molecule has 6 nitrogen and oxygen atoms in total. The van der Waals surface area contributed by atoms with E-state index in [9.17, 15) is 9.18 Å². The zero-order chi connectivity index (χ0) is 21.4. The fourth-order valence-corrected chi connectivity index (χ4v) is 3.50. The van der Waals surface area contributed by atoms with Crippen molar-refractivity contribution in [2.45, 2.75) is 58.1 Å². The minimum atomic E-state index is -1.01. The lowest BCUT2D eigenvalue weighted by Gasteiger charge is -2.34. The number of hydrogen-bond donors (Lipinski definition) is 0. The summed E-state index contributed by atoms with van der Waals surface area (Å²) in [7, 11) is 0. The first-order valence-electron chi connectivity index (χ1n) is 9.37. The Morgan fingerprint density at radius 3 is 2.38 bits per heavy atom. The number of benzene rings is 1. The molecule has 0 N–H and O–H groups in total. The lowest BCUT2D eigenvalue weighted by molar-refractivity contribution is -0.0797. The maximum absolute atomic E-state index is 14.0. The molecular weight excluding hydrogens is 397 g/mol. The summed E-state index contributed by atoms with van der Waals surface area (Å²) in [6, 6.07) is 10.0. The third kappa shape index (κ3) is 4.67. The van der Waals surface area contributed by atoms with Crippen molar-refractivity contribution in [2.75, 3.05) is 6.67 Å². The molecule has 0 aliphatic carbocycles. The van der Waals surface area contributed by atoms with Crippen LogP contribution in [-0.4, -0.2) is 45.2 Å². The summed E-state index contributed by atoms with van der Waals surface area (Å²) >= 11 is 5.78. The summed E-state index contributed by atoms with van der Waals surface area (Å²) in [5, 5.41) is 8.22. The average Bonchev–Trinajstić information content (AvgIpc) is 2.91. The lowest BCUT2D eigenvalue weighted by Crippen LogP contribution is -2.50. The Balaban J connectivity index is 1.86. The van der Waals surface area contributed by atoms with Gasteiger partial charge in [0.2, 0.25) is 0 Å². The standard InChI is InChI=1S/C21H25ClFN3O3/c1-20(2,3)29-19(27)26-16(12-23)18(28-21(26,4)5)14-8-6-13(7-9-14)15-10-11-17(22)25-24-15/h6-11,16,18H,12H2,1-5H3. The second kappa shape index (κ2) is 7.88. The molecule has 0 spiro atoms. The third-order valence-electron chi connectivity index (χ3n) is 4.59. The number of rotatable bonds is 3. The van der Waals surface area contributed by atoms with E-state index in [2.05, 4.69) is 10.2 Å². The molecule has 2 heterocycles. The van der Waals surface area contributed by atoms with Gasteiger partial charge in [0.05, 0.1) is 11.7 Å². The van der Waals surface area contributed by atoms with Gasteiger partial charge in [-0.3, -0.25) is 4.90 Å². The van der Waals surface area contributed by atoms with E-state index in [4.69, 9.17) is 21.1 Å². The largest absolute Gasteiger partial charge is 0.444 e. The van der Waals surface area contributed by atoms with Gasteiger partial charge in [0, 0.05) is 5.56 Å². The van der Waals surface area contributed by atoms with Crippen LogP contribution in [0.3, 0.4) is 0 Å². The molecule has 2 aromatic rings. The van der Waals surface area contributed by atoms with Crippen molar-refractivity contribution in [1.29, 1.82) is 0 Å².